The van der Waals surface area contributed by atoms with Crippen LogP contribution < -0.4 is 26.6 Å². The lowest BCUT2D eigenvalue weighted by Gasteiger charge is -2.38. The van der Waals surface area contributed by atoms with E-state index in [4.69, 9.17) is 0 Å². The van der Waals surface area contributed by atoms with Crippen molar-refractivity contribution in [2.75, 3.05) is 36.8 Å². The van der Waals surface area contributed by atoms with Crippen LogP contribution in [-0.4, -0.2) is 55.1 Å². The lowest BCUT2D eigenvalue weighted by atomic mass is 9.94. The summed E-state index contributed by atoms with van der Waals surface area (Å²) in [4.78, 5) is 41.5. The summed E-state index contributed by atoms with van der Waals surface area (Å²) < 4.78 is 0. The predicted molar refractivity (Wildman–Crippen MR) is 191 cm³/mol. The molecule has 0 saturated carbocycles. The number of nitrogens with zero attached hydrogens (tertiary/aromatic N) is 1. The first-order chi connectivity index (χ1) is 23.0. The number of urea groups is 2. The number of unbranched alkanes of at least 4 members (excludes halogenated alkanes) is 5. The van der Waals surface area contributed by atoms with Gasteiger partial charge in [0.2, 0.25) is 0 Å². The number of rotatable bonds is 16. The quantitative estimate of drug-likeness (QED) is 0.103. The molecule has 0 atom stereocenters. The smallest absolute Gasteiger partial charge is 0.319 e. The van der Waals surface area contributed by atoms with E-state index in [1.165, 1.54) is 24.0 Å². The molecule has 9 heteroatoms. The number of anilines is 2. The molecule has 1 aliphatic rings. The fraction of sp³-hybridized carbons (Fsp3) is 0.447. The van der Waals surface area contributed by atoms with Gasteiger partial charge in [-0.15, -0.1) is 0 Å². The molecule has 0 bridgehead atoms. The number of carbonyl (C=O) groups excluding carboxylic acids is 3. The Labute approximate surface area is 280 Å². The van der Waals surface area contributed by atoms with Crippen molar-refractivity contribution in [2.24, 2.45) is 0 Å². The van der Waals surface area contributed by atoms with Crippen LogP contribution in [-0.2, 0) is 0 Å². The standard InChI is InChI=1S/C38H52N6O3/c1-3-5-7-8-15-25-40-38(47)43-34-21-20-32(42-37(46)39-24-6-4-2)28-33(34)36(45)41-31-22-26-44(27-23-31)35(29-16-11-9-12-17-29)30-18-13-10-14-19-30/h9-14,16-21,28,31,35H,3-8,15,22-27H2,1-2H3,(H,41,45)(H2,39,42,46)(H2,40,43,47). The Morgan fingerprint density at radius 3 is 1.89 bits per heavy atom. The SMILES string of the molecule is CCCCCCCNC(=O)Nc1ccc(NC(=O)NCCCC)cc1C(=O)NC1CCN(C(c2ccccc2)c2ccccc2)CC1. The van der Waals surface area contributed by atoms with Gasteiger partial charge in [-0.05, 0) is 55.0 Å². The van der Waals surface area contributed by atoms with Crippen LogP contribution in [0, 0.1) is 0 Å². The molecule has 0 radical (unpaired) electrons. The number of likely N-dealkylation sites (tertiary alicyclic amines) is 1. The van der Waals surface area contributed by atoms with Gasteiger partial charge in [-0.1, -0.05) is 107 Å². The molecule has 0 unspecified atom stereocenters. The lowest BCUT2D eigenvalue weighted by molar-refractivity contribution is 0.0901. The minimum Gasteiger partial charge on any atom is -0.349 e. The fourth-order valence-corrected chi connectivity index (χ4v) is 6.02. The topological polar surface area (TPSA) is 115 Å². The maximum Gasteiger partial charge on any atom is 0.319 e. The van der Waals surface area contributed by atoms with Gasteiger partial charge in [-0.2, -0.15) is 0 Å². The number of amides is 5. The largest absolute Gasteiger partial charge is 0.349 e. The van der Waals surface area contributed by atoms with Crippen LogP contribution in [0.2, 0.25) is 0 Å². The number of nitrogens with one attached hydrogen (secondary N) is 5. The fourth-order valence-electron chi connectivity index (χ4n) is 6.02. The van der Waals surface area contributed by atoms with E-state index in [0.29, 0.717) is 30.0 Å². The summed E-state index contributed by atoms with van der Waals surface area (Å²) in [5.41, 5.74) is 3.68. The Morgan fingerprint density at radius 2 is 1.28 bits per heavy atom. The van der Waals surface area contributed by atoms with Crippen molar-refractivity contribution in [1.82, 2.24) is 20.9 Å². The Bertz CT molecular complexity index is 1350. The van der Waals surface area contributed by atoms with Crippen molar-refractivity contribution < 1.29 is 14.4 Å². The van der Waals surface area contributed by atoms with E-state index in [1.54, 1.807) is 18.2 Å². The first-order valence-electron chi connectivity index (χ1n) is 17.4. The molecule has 1 fully saturated rings. The average molecular weight is 641 g/mol. The zero-order valence-corrected chi connectivity index (χ0v) is 28.0. The molecule has 1 heterocycles. The zero-order chi connectivity index (χ0) is 33.3. The van der Waals surface area contributed by atoms with Gasteiger partial charge in [-0.3, -0.25) is 9.69 Å². The maximum absolute atomic E-state index is 13.8. The monoisotopic (exact) mass is 640 g/mol. The number of piperidine rings is 1. The van der Waals surface area contributed by atoms with E-state index in [2.05, 4.69) is 93.9 Å². The van der Waals surface area contributed by atoms with E-state index in [1.807, 2.05) is 12.1 Å². The summed E-state index contributed by atoms with van der Waals surface area (Å²) in [5, 5.41) is 14.6. The average Bonchev–Trinajstić information content (AvgIpc) is 3.09. The van der Waals surface area contributed by atoms with Crippen molar-refractivity contribution in [3.05, 3.63) is 95.6 Å². The third kappa shape index (κ3) is 11.4. The zero-order valence-electron chi connectivity index (χ0n) is 28.0. The summed E-state index contributed by atoms with van der Waals surface area (Å²) in [6.45, 7) is 7.03. The second-order valence-electron chi connectivity index (χ2n) is 12.3. The first-order valence-corrected chi connectivity index (χ1v) is 17.4. The Balaban J connectivity index is 1.41. The summed E-state index contributed by atoms with van der Waals surface area (Å²) in [6.07, 6.45) is 8.94. The van der Waals surface area contributed by atoms with Gasteiger partial charge in [0.05, 0.1) is 17.3 Å². The van der Waals surface area contributed by atoms with Crippen molar-refractivity contribution in [2.45, 2.75) is 83.7 Å². The molecule has 0 aromatic heterocycles. The minimum atomic E-state index is -0.353. The number of hydrogen-bond acceptors (Lipinski definition) is 4. The van der Waals surface area contributed by atoms with Crippen LogP contribution >= 0.6 is 0 Å². The predicted octanol–water partition coefficient (Wildman–Crippen LogP) is 7.68. The van der Waals surface area contributed by atoms with Crippen LogP contribution in [0.5, 0.6) is 0 Å². The van der Waals surface area contributed by atoms with Crippen LogP contribution in [0.15, 0.2) is 78.9 Å². The molecular weight excluding hydrogens is 588 g/mol. The third-order valence-corrected chi connectivity index (χ3v) is 8.61. The minimum absolute atomic E-state index is 0.0234. The molecular formula is C38H52N6O3. The number of benzene rings is 3. The second kappa shape index (κ2) is 19.3. The molecule has 0 aliphatic carbocycles. The number of hydrogen-bond donors (Lipinski definition) is 5. The highest BCUT2D eigenvalue weighted by Crippen LogP contribution is 2.31. The van der Waals surface area contributed by atoms with Crippen LogP contribution in [0.25, 0.3) is 0 Å². The first kappa shape index (κ1) is 35.5. The molecule has 3 aromatic carbocycles. The van der Waals surface area contributed by atoms with E-state index in [9.17, 15) is 14.4 Å². The normalized spacial score (nSPS) is 13.6. The van der Waals surface area contributed by atoms with E-state index in [0.717, 1.165) is 58.0 Å². The van der Waals surface area contributed by atoms with Gasteiger partial charge in [0.25, 0.3) is 5.91 Å². The summed E-state index contributed by atoms with van der Waals surface area (Å²) in [6, 6.07) is 25.5. The van der Waals surface area contributed by atoms with Gasteiger partial charge < -0.3 is 26.6 Å². The van der Waals surface area contributed by atoms with Crippen molar-refractivity contribution >= 4 is 29.3 Å². The third-order valence-electron chi connectivity index (χ3n) is 8.61. The molecule has 4 rings (SSSR count). The highest BCUT2D eigenvalue weighted by molar-refractivity contribution is 6.05. The second-order valence-corrected chi connectivity index (χ2v) is 12.3. The van der Waals surface area contributed by atoms with Gasteiger partial charge in [0.1, 0.15) is 0 Å². The van der Waals surface area contributed by atoms with Crippen LogP contribution in [0.4, 0.5) is 21.0 Å². The Morgan fingerprint density at radius 1 is 0.702 bits per heavy atom. The Hall–Kier alpha value is -4.37. The molecule has 47 heavy (non-hydrogen) atoms. The van der Waals surface area contributed by atoms with E-state index in [-0.39, 0.29) is 30.1 Å². The lowest BCUT2D eigenvalue weighted by Crippen LogP contribution is -2.46. The van der Waals surface area contributed by atoms with Crippen molar-refractivity contribution in [1.29, 1.82) is 0 Å². The molecule has 1 saturated heterocycles. The number of carbonyl (C=O) groups is 3. The van der Waals surface area contributed by atoms with Gasteiger partial charge in [-0.25, -0.2) is 9.59 Å². The summed E-state index contributed by atoms with van der Waals surface area (Å²) >= 11 is 0. The molecule has 252 valence electrons. The molecule has 9 nitrogen and oxygen atoms in total. The molecule has 3 aromatic rings. The summed E-state index contributed by atoms with van der Waals surface area (Å²) in [5.74, 6) is -0.281. The van der Waals surface area contributed by atoms with Crippen LogP contribution in [0.1, 0.15) is 99.2 Å². The molecule has 1 aliphatic heterocycles. The highest BCUT2D eigenvalue weighted by atomic mass is 16.2. The highest BCUT2D eigenvalue weighted by Gasteiger charge is 2.28. The maximum atomic E-state index is 13.8. The van der Waals surface area contributed by atoms with Gasteiger partial charge in [0.15, 0.2) is 0 Å². The van der Waals surface area contributed by atoms with E-state index < -0.39 is 0 Å². The molecule has 5 N–H and O–H groups in total. The van der Waals surface area contributed by atoms with Crippen molar-refractivity contribution in [3.63, 3.8) is 0 Å². The summed E-state index contributed by atoms with van der Waals surface area (Å²) in [7, 11) is 0. The van der Waals surface area contributed by atoms with Crippen molar-refractivity contribution in [3.8, 4) is 0 Å². The molecule has 5 amide bonds. The van der Waals surface area contributed by atoms with Gasteiger partial charge in [0, 0.05) is 37.9 Å². The van der Waals surface area contributed by atoms with Gasteiger partial charge >= 0.3 is 12.1 Å². The van der Waals surface area contributed by atoms with Crippen LogP contribution in [0.3, 0.4) is 0 Å². The van der Waals surface area contributed by atoms with E-state index >= 15 is 0 Å². The Kier molecular flexibility index (Phi) is 14.6. The molecule has 0 spiro atoms.